The maximum Gasteiger partial charge on any atom is 0.255 e. The number of halogens is 2. The Balaban J connectivity index is 0.00000113. The predicted molar refractivity (Wildman–Crippen MR) is 104 cm³/mol. The average Bonchev–Trinajstić information content (AvgIpc) is 3.45. The summed E-state index contributed by atoms with van der Waals surface area (Å²) in [5.74, 6) is 1.38. The van der Waals surface area contributed by atoms with Crippen LogP contribution in [0.4, 0.5) is 5.69 Å². The molecule has 0 saturated heterocycles. The lowest BCUT2D eigenvalue weighted by molar-refractivity contribution is 0.102. The van der Waals surface area contributed by atoms with Gasteiger partial charge in [-0.1, -0.05) is 12.1 Å². The van der Waals surface area contributed by atoms with Crippen LogP contribution in [0, 0.1) is 5.92 Å². The smallest absolute Gasteiger partial charge is 0.255 e. The molecule has 0 radical (unpaired) electrons. The van der Waals surface area contributed by atoms with Crippen molar-refractivity contribution in [3.8, 4) is 0 Å². The van der Waals surface area contributed by atoms with Gasteiger partial charge in [-0.05, 0) is 49.4 Å². The van der Waals surface area contributed by atoms with Crippen LogP contribution in [0.5, 0.6) is 0 Å². The highest BCUT2D eigenvalue weighted by Gasteiger charge is 2.39. The van der Waals surface area contributed by atoms with Gasteiger partial charge in [0.1, 0.15) is 0 Å². The maximum absolute atomic E-state index is 12.4. The molecule has 1 aromatic carbocycles. The number of aryl methyl sites for hydroxylation is 1. The van der Waals surface area contributed by atoms with Gasteiger partial charge in [-0.25, -0.2) is 0 Å². The minimum Gasteiger partial charge on any atom is -0.319 e. The predicted octanol–water partition coefficient (Wildman–Crippen LogP) is 3.37. The van der Waals surface area contributed by atoms with Gasteiger partial charge in [0.25, 0.3) is 5.91 Å². The van der Waals surface area contributed by atoms with Crippen LogP contribution in [0.2, 0.25) is 0 Å². The van der Waals surface area contributed by atoms with E-state index in [-0.39, 0.29) is 30.7 Å². The van der Waals surface area contributed by atoms with Crippen LogP contribution in [-0.4, -0.2) is 28.3 Å². The van der Waals surface area contributed by atoms with Gasteiger partial charge in [-0.2, -0.15) is 5.10 Å². The lowest BCUT2D eigenvalue weighted by atomic mass is 10.1. The third-order valence-corrected chi connectivity index (χ3v) is 4.70. The lowest BCUT2D eigenvalue weighted by Gasteiger charge is -2.06. The highest BCUT2D eigenvalue weighted by atomic mass is 35.5. The van der Waals surface area contributed by atoms with Gasteiger partial charge in [-0.15, -0.1) is 24.8 Å². The van der Waals surface area contributed by atoms with Crippen molar-refractivity contribution >= 4 is 36.4 Å². The first-order valence-corrected chi connectivity index (χ1v) is 8.32. The molecule has 2 aliphatic carbocycles. The quantitative estimate of drug-likeness (QED) is 0.804. The van der Waals surface area contributed by atoms with E-state index in [1.54, 1.807) is 17.1 Å². The maximum atomic E-state index is 12.4. The van der Waals surface area contributed by atoms with E-state index in [1.165, 1.54) is 24.8 Å². The van der Waals surface area contributed by atoms with Gasteiger partial charge in [0.15, 0.2) is 0 Å². The van der Waals surface area contributed by atoms with Crippen LogP contribution in [0.15, 0.2) is 36.7 Å². The fourth-order valence-electron chi connectivity index (χ4n) is 3.03. The standard InChI is InChI=1S/C18H22N4O.2ClH/c1-22-11-15(10-20-22)21-18(23)14-4-2-3-13(7-14)16-8-17(16)19-9-12-5-6-12;;/h2-4,7,10-12,16-17,19H,5-6,8-9H2,1H3,(H,21,23);2*1H. The third kappa shape index (κ3) is 4.97. The lowest BCUT2D eigenvalue weighted by Crippen LogP contribution is -2.20. The number of anilines is 1. The second-order valence-corrected chi connectivity index (χ2v) is 6.78. The molecular formula is C18H24Cl2N4O. The summed E-state index contributed by atoms with van der Waals surface area (Å²) in [5.41, 5.74) is 2.69. The number of rotatable bonds is 6. The van der Waals surface area contributed by atoms with E-state index in [4.69, 9.17) is 0 Å². The first kappa shape index (κ1) is 19.8. The number of nitrogens with zero attached hydrogens (tertiary/aromatic N) is 2. The molecule has 2 atom stereocenters. The molecule has 0 spiro atoms. The Morgan fingerprint density at radius 1 is 1.32 bits per heavy atom. The van der Waals surface area contributed by atoms with E-state index in [9.17, 15) is 4.79 Å². The van der Waals surface area contributed by atoms with E-state index >= 15 is 0 Å². The zero-order chi connectivity index (χ0) is 15.8. The normalized spacial score (nSPS) is 21.0. The van der Waals surface area contributed by atoms with E-state index < -0.39 is 0 Å². The Morgan fingerprint density at radius 3 is 2.80 bits per heavy atom. The van der Waals surface area contributed by atoms with Crippen LogP contribution >= 0.6 is 24.8 Å². The molecule has 2 saturated carbocycles. The van der Waals surface area contributed by atoms with E-state index in [1.807, 2.05) is 25.2 Å². The molecule has 2 aromatic rings. The van der Waals surface area contributed by atoms with Crippen molar-refractivity contribution in [2.24, 2.45) is 13.0 Å². The van der Waals surface area contributed by atoms with Gasteiger partial charge < -0.3 is 10.6 Å². The first-order valence-electron chi connectivity index (χ1n) is 8.32. The summed E-state index contributed by atoms with van der Waals surface area (Å²) < 4.78 is 1.67. The van der Waals surface area contributed by atoms with Crippen LogP contribution in [0.25, 0.3) is 0 Å². The van der Waals surface area contributed by atoms with E-state index in [2.05, 4.69) is 21.8 Å². The summed E-state index contributed by atoms with van der Waals surface area (Å²) in [6, 6.07) is 8.58. The number of nitrogens with one attached hydrogen (secondary N) is 2. The minimum absolute atomic E-state index is 0. The number of benzene rings is 1. The molecule has 5 nitrogen and oxygen atoms in total. The zero-order valence-electron chi connectivity index (χ0n) is 14.1. The first-order chi connectivity index (χ1) is 11.2. The molecule has 25 heavy (non-hydrogen) atoms. The van der Waals surface area contributed by atoms with Gasteiger partial charge in [0.2, 0.25) is 0 Å². The van der Waals surface area contributed by atoms with Crippen molar-refractivity contribution in [2.45, 2.75) is 31.2 Å². The summed E-state index contributed by atoms with van der Waals surface area (Å²) in [6.07, 6.45) is 7.39. The minimum atomic E-state index is -0.0806. The van der Waals surface area contributed by atoms with Gasteiger partial charge in [0, 0.05) is 30.8 Å². The molecule has 2 N–H and O–H groups in total. The van der Waals surface area contributed by atoms with Crippen molar-refractivity contribution in [1.29, 1.82) is 0 Å². The summed E-state index contributed by atoms with van der Waals surface area (Å²) in [4.78, 5) is 12.4. The summed E-state index contributed by atoms with van der Waals surface area (Å²) >= 11 is 0. The SMILES string of the molecule is Cl.Cl.Cn1cc(NC(=O)c2cccc(C3CC3NCC3CC3)c2)cn1. The number of amides is 1. The van der Waals surface area contributed by atoms with Crippen LogP contribution in [0.3, 0.4) is 0 Å². The molecule has 136 valence electrons. The van der Waals surface area contributed by atoms with Gasteiger partial charge >= 0.3 is 0 Å². The molecule has 1 aromatic heterocycles. The van der Waals surface area contributed by atoms with Crippen molar-refractivity contribution in [3.63, 3.8) is 0 Å². The second kappa shape index (κ2) is 8.21. The molecule has 2 aliphatic rings. The fourth-order valence-corrected chi connectivity index (χ4v) is 3.03. The molecular weight excluding hydrogens is 359 g/mol. The summed E-state index contributed by atoms with van der Waals surface area (Å²) in [6.45, 7) is 1.16. The summed E-state index contributed by atoms with van der Waals surface area (Å²) in [5, 5.41) is 10.6. The average molecular weight is 383 g/mol. The molecule has 7 heteroatoms. The van der Waals surface area contributed by atoms with Crippen molar-refractivity contribution in [1.82, 2.24) is 15.1 Å². The summed E-state index contributed by atoms with van der Waals surface area (Å²) in [7, 11) is 1.83. The molecule has 2 unspecified atom stereocenters. The van der Waals surface area contributed by atoms with Crippen LogP contribution in [-0.2, 0) is 7.05 Å². The Morgan fingerprint density at radius 2 is 2.12 bits per heavy atom. The largest absolute Gasteiger partial charge is 0.319 e. The van der Waals surface area contributed by atoms with E-state index in [0.29, 0.717) is 17.5 Å². The van der Waals surface area contributed by atoms with Crippen LogP contribution < -0.4 is 10.6 Å². The fraction of sp³-hybridized carbons (Fsp3) is 0.444. The number of aromatic nitrogens is 2. The Hall–Kier alpha value is -1.56. The topological polar surface area (TPSA) is 59.0 Å². The van der Waals surface area contributed by atoms with Gasteiger partial charge in [0.05, 0.1) is 11.9 Å². The Bertz CT molecular complexity index is 729. The second-order valence-electron chi connectivity index (χ2n) is 6.78. The molecule has 1 amide bonds. The van der Waals surface area contributed by atoms with Crippen molar-refractivity contribution in [3.05, 3.63) is 47.8 Å². The number of hydrogen-bond acceptors (Lipinski definition) is 3. The van der Waals surface area contributed by atoms with Crippen molar-refractivity contribution in [2.75, 3.05) is 11.9 Å². The highest BCUT2D eigenvalue weighted by molar-refractivity contribution is 6.04. The third-order valence-electron chi connectivity index (χ3n) is 4.70. The van der Waals surface area contributed by atoms with Crippen LogP contribution in [0.1, 0.15) is 41.1 Å². The monoisotopic (exact) mass is 382 g/mol. The highest BCUT2D eigenvalue weighted by Crippen LogP contribution is 2.41. The molecule has 0 aliphatic heterocycles. The number of carbonyl (C=O) groups is 1. The molecule has 0 bridgehead atoms. The Labute approximate surface area is 160 Å². The number of carbonyl (C=O) groups excluding carboxylic acids is 1. The molecule has 1 heterocycles. The van der Waals surface area contributed by atoms with Crippen molar-refractivity contribution < 1.29 is 4.79 Å². The number of hydrogen-bond donors (Lipinski definition) is 2. The molecule has 2 fully saturated rings. The Kier molecular flexibility index (Phi) is 6.49. The van der Waals surface area contributed by atoms with E-state index in [0.717, 1.165) is 18.2 Å². The zero-order valence-corrected chi connectivity index (χ0v) is 15.8. The molecule has 4 rings (SSSR count). The van der Waals surface area contributed by atoms with Gasteiger partial charge in [-0.3, -0.25) is 9.48 Å².